The molecule has 0 radical (unpaired) electrons. The topological polar surface area (TPSA) is 86.7 Å². The highest BCUT2D eigenvalue weighted by Crippen LogP contribution is 2.30. The zero-order valence-corrected chi connectivity index (χ0v) is 14.5. The number of likely N-dealkylation sites (tertiary alicyclic amines) is 1. The van der Waals surface area contributed by atoms with Gasteiger partial charge in [-0.05, 0) is 30.5 Å². The third-order valence-electron chi connectivity index (χ3n) is 5.26. The zero-order chi connectivity index (χ0) is 18.7. The molecule has 1 heterocycles. The van der Waals surface area contributed by atoms with E-state index in [0.29, 0.717) is 12.1 Å². The lowest BCUT2D eigenvalue weighted by atomic mass is 10.0. The summed E-state index contributed by atoms with van der Waals surface area (Å²) in [5.41, 5.74) is 0.527. The second-order valence-corrected chi connectivity index (χ2v) is 7.10. The van der Waals surface area contributed by atoms with Gasteiger partial charge in [0.15, 0.2) is 0 Å². The Morgan fingerprint density at radius 2 is 1.88 bits per heavy atom. The molecule has 0 unspecified atom stereocenters. The number of amides is 2. The summed E-state index contributed by atoms with van der Waals surface area (Å²) in [5.74, 6) is -2.29. The summed E-state index contributed by atoms with van der Waals surface area (Å²) in [4.78, 5) is 37.8. The van der Waals surface area contributed by atoms with Gasteiger partial charge in [0, 0.05) is 19.0 Å². The Bertz CT molecular complexity index is 685. The molecule has 2 fully saturated rings. The van der Waals surface area contributed by atoms with E-state index in [1.165, 1.54) is 24.3 Å². The first-order chi connectivity index (χ1) is 12.4. The van der Waals surface area contributed by atoms with E-state index in [4.69, 9.17) is 5.11 Å². The highest BCUT2D eigenvalue weighted by Gasteiger charge is 2.39. The van der Waals surface area contributed by atoms with Gasteiger partial charge in [-0.1, -0.05) is 25.0 Å². The maximum Gasteiger partial charge on any atom is 0.305 e. The number of hydrogen-bond donors (Lipinski definition) is 2. The molecule has 2 atom stereocenters. The van der Waals surface area contributed by atoms with E-state index in [0.717, 1.165) is 25.7 Å². The monoisotopic (exact) mass is 362 g/mol. The van der Waals surface area contributed by atoms with Crippen molar-refractivity contribution in [1.82, 2.24) is 10.2 Å². The van der Waals surface area contributed by atoms with Gasteiger partial charge in [-0.3, -0.25) is 14.4 Å². The van der Waals surface area contributed by atoms with E-state index in [9.17, 15) is 18.8 Å². The third kappa shape index (κ3) is 4.20. The number of carbonyl (C=O) groups excluding carboxylic acids is 2. The lowest BCUT2D eigenvalue weighted by molar-refractivity contribution is -0.138. The molecular formula is C19H23FN2O4. The van der Waals surface area contributed by atoms with Crippen molar-refractivity contribution in [2.24, 2.45) is 5.92 Å². The maximum absolute atomic E-state index is 13.1. The van der Waals surface area contributed by atoms with Gasteiger partial charge >= 0.3 is 5.97 Å². The van der Waals surface area contributed by atoms with Gasteiger partial charge in [-0.2, -0.15) is 0 Å². The molecule has 0 aromatic heterocycles. The fourth-order valence-electron chi connectivity index (χ4n) is 3.89. The number of aliphatic carboxylic acids is 1. The number of hydrogen-bond acceptors (Lipinski definition) is 3. The highest BCUT2D eigenvalue weighted by atomic mass is 19.1. The second-order valence-electron chi connectivity index (χ2n) is 7.10. The van der Waals surface area contributed by atoms with Crippen LogP contribution < -0.4 is 5.32 Å². The quantitative estimate of drug-likeness (QED) is 0.813. The number of nitrogens with zero attached hydrogens (tertiary/aromatic N) is 1. The molecule has 1 aromatic rings. The van der Waals surface area contributed by atoms with E-state index in [1.807, 2.05) is 0 Å². The predicted octanol–water partition coefficient (Wildman–Crippen LogP) is 2.25. The van der Waals surface area contributed by atoms with Crippen molar-refractivity contribution < 1.29 is 23.9 Å². The Morgan fingerprint density at radius 1 is 1.23 bits per heavy atom. The number of carboxylic acids is 1. The number of rotatable bonds is 6. The molecule has 7 heteroatoms. The molecule has 3 rings (SSSR count). The van der Waals surface area contributed by atoms with Crippen molar-refractivity contribution in [3.8, 4) is 0 Å². The summed E-state index contributed by atoms with van der Waals surface area (Å²) in [6.45, 7) is 0.387. The van der Waals surface area contributed by atoms with Gasteiger partial charge in [-0.25, -0.2) is 4.39 Å². The molecule has 2 amide bonds. The molecular weight excluding hydrogens is 339 g/mol. The van der Waals surface area contributed by atoms with Crippen LogP contribution in [0.25, 0.3) is 0 Å². The Balaban J connectivity index is 1.66. The van der Waals surface area contributed by atoms with Gasteiger partial charge in [0.2, 0.25) is 11.8 Å². The molecule has 6 nitrogen and oxygen atoms in total. The summed E-state index contributed by atoms with van der Waals surface area (Å²) < 4.78 is 13.1. The van der Waals surface area contributed by atoms with Crippen LogP contribution in [0.5, 0.6) is 0 Å². The Morgan fingerprint density at radius 3 is 2.50 bits per heavy atom. The molecule has 0 bridgehead atoms. The molecule has 1 aliphatic heterocycles. The minimum absolute atomic E-state index is 0.00591. The SMILES string of the molecule is O=C(O)C[C@H](NC(=O)[C@@H]1CC(=O)N(C2CCCC2)C1)c1ccc(F)cc1. The van der Waals surface area contributed by atoms with E-state index < -0.39 is 23.7 Å². The lowest BCUT2D eigenvalue weighted by Crippen LogP contribution is -2.38. The average Bonchev–Trinajstić information content (AvgIpc) is 3.23. The zero-order valence-electron chi connectivity index (χ0n) is 14.5. The largest absolute Gasteiger partial charge is 0.481 e. The first-order valence-electron chi connectivity index (χ1n) is 9.01. The van der Waals surface area contributed by atoms with Crippen LogP contribution in [0.2, 0.25) is 0 Å². The smallest absolute Gasteiger partial charge is 0.305 e. The Kier molecular flexibility index (Phi) is 5.54. The standard InChI is InChI=1S/C19H23FN2O4/c20-14-7-5-12(6-8-14)16(10-18(24)25)21-19(26)13-9-17(23)22(11-13)15-3-1-2-4-15/h5-8,13,15-16H,1-4,9-11H2,(H,21,26)(H,24,25)/t13-,16+/m1/s1. The Hall–Kier alpha value is -2.44. The lowest BCUT2D eigenvalue weighted by Gasteiger charge is -2.24. The maximum atomic E-state index is 13.1. The Labute approximate surface area is 151 Å². The summed E-state index contributed by atoms with van der Waals surface area (Å²) in [6.07, 6.45) is 4.04. The summed E-state index contributed by atoms with van der Waals surface area (Å²) in [5, 5.41) is 11.9. The normalized spacial score (nSPS) is 21.8. The highest BCUT2D eigenvalue weighted by molar-refractivity contribution is 5.89. The molecule has 0 spiro atoms. The number of halogens is 1. The minimum atomic E-state index is -1.06. The van der Waals surface area contributed by atoms with Crippen molar-refractivity contribution >= 4 is 17.8 Å². The van der Waals surface area contributed by atoms with Crippen LogP contribution in [0.3, 0.4) is 0 Å². The molecule has 1 saturated heterocycles. The summed E-state index contributed by atoms with van der Waals surface area (Å²) >= 11 is 0. The van der Waals surface area contributed by atoms with Crippen LogP contribution >= 0.6 is 0 Å². The van der Waals surface area contributed by atoms with E-state index in [2.05, 4.69) is 5.32 Å². The first kappa shape index (κ1) is 18.4. The van der Waals surface area contributed by atoms with Crippen molar-refractivity contribution in [2.75, 3.05) is 6.54 Å². The number of carboxylic acid groups (broad SMARTS) is 1. The first-order valence-corrected chi connectivity index (χ1v) is 9.01. The van der Waals surface area contributed by atoms with Gasteiger partial charge in [0.05, 0.1) is 18.4 Å². The van der Waals surface area contributed by atoms with Crippen molar-refractivity contribution in [3.05, 3.63) is 35.6 Å². The van der Waals surface area contributed by atoms with Crippen LogP contribution in [0.15, 0.2) is 24.3 Å². The fourth-order valence-corrected chi connectivity index (χ4v) is 3.89. The molecule has 1 aliphatic carbocycles. The van der Waals surface area contributed by atoms with Crippen LogP contribution in [0.1, 0.15) is 50.1 Å². The van der Waals surface area contributed by atoms with Crippen molar-refractivity contribution in [1.29, 1.82) is 0 Å². The van der Waals surface area contributed by atoms with E-state index >= 15 is 0 Å². The van der Waals surface area contributed by atoms with Crippen molar-refractivity contribution in [3.63, 3.8) is 0 Å². The molecule has 2 aliphatic rings. The molecule has 2 N–H and O–H groups in total. The predicted molar refractivity (Wildman–Crippen MR) is 91.6 cm³/mol. The fraction of sp³-hybridized carbons (Fsp3) is 0.526. The summed E-state index contributed by atoms with van der Waals surface area (Å²) in [7, 11) is 0. The molecule has 1 aromatic carbocycles. The second kappa shape index (κ2) is 7.85. The minimum Gasteiger partial charge on any atom is -0.481 e. The summed E-state index contributed by atoms with van der Waals surface area (Å²) in [6, 6.07) is 4.87. The van der Waals surface area contributed by atoms with Crippen LogP contribution in [-0.2, 0) is 14.4 Å². The number of nitrogens with one attached hydrogen (secondary N) is 1. The van der Waals surface area contributed by atoms with Crippen LogP contribution in [0, 0.1) is 11.7 Å². The van der Waals surface area contributed by atoms with E-state index in [1.54, 1.807) is 4.90 Å². The molecule has 26 heavy (non-hydrogen) atoms. The van der Waals surface area contributed by atoms with E-state index in [-0.39, 0.29) is 30.7 Å². The molecule has 1 saturated carbocycles. The van der Waals surface area contributed by atoms with Gasteiger partial charge in [0.25, 0.3) is 0 Å². The average molecular weight is 362 g/mol. The third-order valence-corrected chi connectivity index (χ3v) is 5.26. The van der Waals surface area contributed by atoms with Crippen LogP contribution in [0.4, 0.5) is 4.39 Å². The van der Waals surface area contributed by atoms with Crippen molar-refractivity contribution in [2.45, 2.75) is 50.6 Å². The molecule has 140 valence electrons. The van der Waals surface area contributed by atoms with Gasteiger partial charge in [-0.15, -0.1) is 0 Å². The van der Waals surface area contributed by atoms with Crippen LogP contribution in [-0.4, -0.2) is 40.4 Å². The number of carbonyl (C=O) groups is 3. The van der Waals surface area contributed by atoms with Gasteiger partial charge in [0.1, 0.15) is 5.82 Å². The number of benzene rings is 1. The van der Waals surface area contributed by atoms with Gasteiger partial charge < -0.3 is 15.3 Å².